The third-order valence-electron chi connectivity index (χ3n) is 14.0. The third-order valence-corrected chi connectivity index (χ3v) is 14.7. The number of carbonyl (C=O) groups excluding carboxylic acids is 1. The molecule has 3 N–H and O–H groups in total. The lowest BCUT2D eigenvalue weighted by Crippen LogP contribution is -2.25. The number of carbonyl (C=O) groups is 2. The van der Waals surface area contributed by atoms with Crippen molar-refractivity contribution in [1.29, 1.82) is 0 Å². The van der Waals surface area contributed by atoms with E-state index in [1.807, 2.05) is 121 Å². The molecule has 0 saturated heterocycles. The molecule has 6 aromatic heterocycles. The Labute approximate surface area is 564 Å². The number of aliphatic imine (C=N–C) groups is 2. The van der Waals surface area contributed by atoms with Gasteiger partial charge in [0.15, 0.2) is 34.6 Å². The Hall–Kier alpha value is -12.5. The van der Waals surface area contributed by atoms with Gasteiger partial charge in [-0.25, -0.2) is 38.5 Å². The molecule has 0 amide bonds. The molecule has 22 heteroatoms. The fourth-order valence-electron chi connectivity index (χ4n) is 9.38. The lowest BCUT2D eigenvalue weighted by molar-refractivity contribution is 0.0685. The molecular formula is C75H55Cl2F2N11O7. The molecule has 6 aromatic carbocycles. The van der Waals surface area contributed by atoms with Crippen LogP contribution in [0.1, 0.15) is 48.9 Å². The summed E-state index contributed by atoms with van der Waals surface area (Å²) in [5.41, 5.74) is 10.4. The van der Waals surface area contributed by atoms with Gasteiger partial charge in [0, 0.05) is 76.0 Å². The second-order valence-electron chi connectivity index (χ2n) is 20.8. The molecule has 0 saturated carbocycles. The number of ether oxygens (including phenoxy) is 2. The number of carboxylic acids is 1. The van der Waals surface area contributed by atoms with Crippen molar-refractivity contribution in [1.82, 2.24) is 39.5 Å². The fraction of sp³-hybridized carbons (Fsp3) is 0.0400. The van der Waals surface area contributed by atoms with Gasteiger partial charge in [-0.1, -0.05) is 181 Å². The number of pyridine rings is 4. The van der Waals surface area contributed by atoms with Crippen molar-refractivity contribution in [2.24, 2.45) is 9.98 Å². The van der Waals surface area contributed by atoms with Crippen LogP contribution in [0.3, 0.4) is 0 Å². The topological polar surface area (TPSA) is 245 Å². The van der Waals surface area contributed by atoms with Gasteiger partial charge in [0.25, 0.3) is 0 Å². The highest BCUT2D eigenvalue weighted by atomic mass is 35.5. The fourth-order valence-corrected chi connectivity index (χ4v) is 9.77. The van der Waals surface area contributed by atoms with E-state index in [0.717, 1.165) is 28.0 Å². The molecule has 0 bridgehead atoms. The first-order chi connectivity index (χ1) is 47.1. The summed E-state index contributed by atoms with van der Waals surface area (Å²) in [6.45, 7) is 7.76. The first-order valence-corrected chi connectivity index (χ1v) is 30.3. The first kappa shape index (κ1) is 67.4. The standard InChI is InChI=1S/C38H27ClFN5O3.C23H17ClN4O.C14H11FN2O3/c1-2-21-45-24-31(25-13-15-28(40)16-14-25)37(47)36(44-45)32(46)22-29-17-18-30(23-42-29)48-33-19-20-41-38(34(33)39)43-35(26-9-5-3-6-10-26)27-11-7-4-8-12-27;24-21-19(29-18-11-12-20(25)27-15-18)13-14-26-23(21)28-22(16-7-3-1-4-8-16)17-9-5-2-6-10-17;1-2-7-17-8-11(9-3-5-10(15)6-4-9)13(18)12(16-17)14(19)20/h2-20,23-24H,1,21-22H2;1-15H,(H2,25,27);2-6,8H,1,7H2,(H,19,20). The summed E-state index contributed by atoms with van der Waals surface area (Å²) in [4.78, 5) is 76.5. The van der Waals surface area contributed by atoms with Crippen LogP contribution < -0.4 is 26.1 Å². The van der Waals surface area contributed by atoms with Gasteiger partial charge >= 0.3 is 5.97 Å². The normalized spacial score (nSPS) is 10.5. The van der Waals surface area contributed by atoms with Gasteiger partial charge in [-0.2, -0.15) is 10.2 Å². The summed E-state index contributed by atoms with van der Waals surface area (Å²) >= 11 is 13.3. The van der Waals surface area contributed by atoms with Gasteiger partial charge in [0.1, 0.15) is 39.0 Å². The number of nitrogen functional groups attached to an aromatic ring is 1. The van der Waals surface area contributed by atoms with E-state index in [1.165, 1.54) is 88.8 Å². The molecule has 0 aliphatic carbocycles. The molecular weight excluding hydrogens is 1280 g/mol. The second-order valence-corrected chi connectivity index (χ2v) is 21.5. The van der Waals surface area contributed by atoms with Gasteiger partial charge in [-0.05, 0) is 59.7 Å². The molecule has 18 nitrogen and oxygen atoms in total. The van der Waals surface area contributed by atoms with Gasteiger partial charge in [0.2, 0.25) is 16.6 Å². The first-order valence-electron chi connectivity index (χ1n) is 29.6. The predicted octanol–water partition coefficient (Wildman–Crippen LogP) is 15.7. The molecule has 0 radical (unpaired) electrons. The van der Waals surface area contributed by atoms with Crippen LogP contribution in [0.25, 0.3) is 22.3 Å². The van der Waals surface area contributed by atoms with Gasteiger partial charge in [0.05, 0.1) is 43.3 Å². The largest absolute Gasteiger partial charge is 0.476 e. The van der Waals surface area contributed by atoms with Crippen molar-refractivity contribution >= 4 is 63.8 Å². The van der Waals surface area contributed by atoms with E-state index >= 15 is 0 Å². The van der Waals surface area contributed by atoms with Crippen LogP contribution in [0, 0.1) is 11.6 Å². The smallest absolute Gasteiger partial charge is 0.360 e. The molecule has 97 heavy (non-hydrogen) atoms. The lowest BCUT2D eigenvalue weighted by Gasteiger charge is -2.11. The average molecular weight is 1330 g/mol. The van der Waals surface area contributed by atoms with E-state index in [4.69, 9.17) is 53.5 Å². The number of nitrogens with two attached hydrogens (primary N) is 1. The third kappa shape index (κ3) is 17.6. The van der Waals surface area contributed by atoms with Crippen LogP contribution in [-0.2, 0) is 19.5 Å². The Morgan fingerprint density at radius 1 is 0.515 bits per heavy atom. The van der Waals surface area contributed by atoms with E-state index in [0.29, 0.717) is 62.2 Å². The molecule has 0 atom stereocenters. The molecule has 0 unspecified atom stereocenters. The van der Waals surface area contributed by atoms with Gasteiger partial charge in [-0.3, -0.25) is 28.7 Å². The van der Waals surface area contributed by atoms with Crippen LogP contribution >= 0.6 is 23.2 Å². The number of nitrogens with zero attached hydrogens (tertiary/aromatic N) is 10. The van der Waals surface area contributed by atoms with Crippen LogP contribution in [0.4, 0.5) is 26.2 Å². The number of aromatic nitrogens is 8. The molecule has 0 fully saturated rings. The maximum atomic E-state index is 13.5. The number of ketones is 1. The van der Waals surface area contributed by atoms with E-state index in [1.54, 1.807) is 54.9 Å². The Balaban J connectivity index is 0.000000176. The number of Topliss-reactive ketones (excluding diaryl/α,β-unsaturated/α-hetero) is 1. The number of rotatable bonds is 20. The molecule has 6 heterocycles. The molecule has 12 rings (SSSR count). The molecule has 12 aromatic rings. The maximum absolute atomic E-state index is 13.5. The zero-order valence-electron chi connectivity index (χ0n) is 51.2. The van der Waals surface area contributed by atoms with Gasteiger partial charge < -0.3 is 20.3 Å². The van der Waals surface area contributed by atoms with Crippen molar-refractivity contribution < 1.29 is 33.0 Å². The molecule has 480 valence electrons. The van der Waals surface area contributed by atoms with Gasteiger partial charge in [-0.15, -0.1) is 13.2 Å². The van der Waals surface area contributed by atoms with Crippen molar-refractivity contribution in [3.63, 3.8) is 0 Å². The van der Waals surface area contributed by atoms with Crippen molar-refractivity contribution in [3.05, 3.63) is 350 Å². The second kappa shape index (κ2) is 32.4. The zero-order chi connectivity index (χ0) is 68.2. The minimum atomic E-state index is -1.41. The SMILES string of the molecule is C=CCn1cc(-c2ccc(F)cc2)c(=O)c(C(=O)Cc2ccc(Oc3ccnc(N=C(c4ccccc4)c4ccccc4)c3Cl)cn2)n1.C=CCn1cc(-c2ccc(F)cc2)c(=O)c(C(=O)O)n1.Nc1ccc(Oc2ccnc(N=C(c3ccccc3)c3ccccc3)c2Cl)cn1. The van der Waals surface area contributed by atoms with Crippen LogP contribution in [0.15, 0.2) is 288 Å². The minimum Gasteiger partial charge on any atom is -0.476 e. The summed E-state index contributed by atoms with van der Waals surface area (Å²) < 4.78 is 41.0. The number of anilines is 1. The number of carboxylic acid groups (broad SMARTS) is 1. The Morgan fingerprint density at radius 3 is 1.28 bits per heavy atom. The molecule has 0 aliphatic rings. The monoisotopic (exact) mass is 1330 g/mol. The Bertz CT molecular complexity index is 4870. The minimum absolute atomic E-state index is 0.152. The highest BCUT2D eigenvalue weighted by molar-refractivity contribution is 6.35. The van der Waals surface area contributed by atoms with E-state index in [2.05, 4.69) is 43.3 Å². The van der Waals surface area contributed by atoms with E-state index in [9.17, 15) is 28.0 Å². The van der Waals surface area contributed by atoms with Crippen molar-refractivity contribution in [3.8, 4) is 45.3 Å². The van der Waals surface area contributed by atoms with Crippen LogP contribution in [0.5, 0.6) is 23.0 Å². The van der Waals surface area contributed by atoms with Crippen LogP contribution in [0.2, 0.25) is 10.0 Å². The Morgan fingerprint density at radius 2 is 0.907 bits per heavy atom. The summed E-state index contributed by atoms with van der Waals surface area (Å²) in [5.74, 6) is -0.0831. The van der Waals surface area contributed by atoms with Crippen molar-refractivity contribution in [2.45, 2.75) is 19.5 Å². The quantitative estimate of drug-likeness (QED) is 0.0409. The Kier molecular flexibility index (Phi) is 22.5. The number of aromatic carboxylic acids is 1. The van der Waals surface area contributed by atoms with E-state index in [-0.39, 0.29) is 47.2 Å². The highest BCUT2D eigenvalue weighted by Crippen LogP contribution is 2.37. The summed E-state index contributed by atoms with van der Waals surface area (Å²) in [5, 5.41) is 17.5. The van der Waals surface area contributed by atoms with Crippen molar-refractivity contribution in [2.75, 3.05) is 5.73 Å². The summed E-state index contributed by atoms with van der Waals surface area (Å²) in [6.07, 6.45) is 12.0. The number of halogens is 4. The van der Waals surface area contributed by atoms with E-state index < -0.39 is 39.9 Å². The predicted molar refractivity (Wildman–Crippen MR) is 371 cm³/mol. The van der Waals surface area contributed by atoms with Crippen LogP contribution in [-0.4, -0.2) is 67.8 Å². The number of hydrogen-bond acceptors (Lipinski definition) is 15. The maximum Gasteiger partial charge on any atom is 0.360 e. The summed E-state index contributed by atoms with van der Waals surface area (Å²) in [6, 6.07) is 59.9. The summed E-state index contributed by atoms with van der Waals surface area (Å²) in [7, 11) is 0. The number of allylic oxidation sites excluding steroid dienone is 2. The lowest BCUT2D eigenvalue weighted by atomic mass is 10.0. The number of hydrogen-bond donors (Lipinski definition) is 2. The average Bonchev–Trinajstić information content (AvgIpc) is 0.871. The molecule has 0 spiro atoms. The zero-order valence-corrected chi connectivity index (χ0v) is 52.8. The molecule has 0 aliphatic heterocycles. The number of benzene rings is 6. The highest BCUT2D eigenvalue weighted by Gasteiger charge is 2.22.